The molecule has 1 saturated carbocycles. The molecule has 1 aliphatic heterocycles. The number of carbonyl (C=O) groups excluding carboxylic acids is 1. The molecule has 166 valence electrons. The van der Waals surface area contributed by atoms with Crippen LogP contribution < -0.4 is 10.2 Å². The Morgan fingerprint density at radius 1 is 1.03 bits per heavy atom. The Kier molecular flexibility index (Phi) is 5.88. The van der Waals surface area contributed by atoms with Crippen LogP contribution in [0.3, 0.4) is 0 Å². The van der Waals surface area contributed by atoms with Crippen LogP contribution in [0.4, 0.5) is 11.6 Å². The second kappa shape index (κ2) is 9.10. The number of fused-ring (bicyclic) bond motifs is 1. The van der Waals surface area contributed by atoms with E-state index in [1.165, 1.54) is 32.1 Å². The summed E-state index contributed by atoms with van der Waals surface area (Å²) in [5, 5.41) is 5.78. The van der Waals surface area contributed by atoms with Gasteiger partial charge in [0.25, 0.3) is 0 Å². The maximum Gasteiger partial charge on any atom is 0.219 e. The van der Waals surface area contributed by atoms with E-state index in [1.54, 1.807) is 6.92 Å². The number of nitrogens with one attached hydrogen (secondary N) is 1. The molecule has 0 bridgehead atoms. The van der Waals surface area contributed by atoms with Gasteiger partial charge in [-0.1, -0.05) is 19.3 Å². The molecule has 4 heterocycles. The normalized spacial score (nSPS) is 17.5. The first-order valence-electron chi connectivity index (χ1n) is 11.7. The Balaban J connectivity index is 1.46. The lowest BCUT2D eigenvalue weighted by atomic mass is 9.95. The number of aromatic nitrogens is 3. The van der Waals surface area contributed by atoms with Crippen LogP contribution in [-0.2, 0) is 4.79 Å². The van der Waals surface area contributed by atoms with E-state index in [-0.39, 0.29) is 5.91 Å². The lowest BCUT2D eigenvalue weighted by molar-refractivity contribution is -0.129. The predicted octanol–water partition coefficient (Wildman–Crippen LogP) is 4.10. The van der Waals surface area contributed by atoms with Crippen molar-refractivity contribution in [2.24, 2.45) is 0 Å². The highest BCUT2D eigenvalue weighted by atomic mass is 16.2. The summed E-state index contributed by atoms with van der Waals surface area (Å²) in [6.07, 6.45) is 11.9. The molecule has 3 aromatic heterocycles. The zero-order valence-electron chi connectivity index (χ0n) is 18.6. The molecule has 0 spiro atoms. The first-order valence-corrected chi connectivity index (χ1v) is 11.7. The van der Waals surface area contributed by atoms with Crippen molar-refractivity contribution in [2.45, 2.75) is 45.1 Å². The summed E-state index contributed by atoms with van der Waals surface area (Å²) in [6, 6.07) is 8.78. The summed E-state index contributed by atoms with van der Waals surface area (Å²) in [4.78, 5) is 29.9. The maximum absolute atomic E-state index is 11.7. The molecular formula is C25H30N6O. The first-order chi connectivity index (χ1) is 15.7. The summed E-state index contributed by atoms with van der Waals surface area (Å²) in [5.41, 5.74) is 1.97. The van der Waals surface area contributed by atoms with Gasteiger partial charge in [0, 0.05) is 74.1 Å². The van der Waals surface area contributed by atoms with Crippen molar-refractivity contribution in [3.8, 4) is 11.3 Å². The maximum atomic E-state index is 11.7. The van der Waals surface area contributed by atoms with Gasteiger partial charge in [0.2, 0.25) is 5.91 Å². The lowest BCUT2D eigenvalue weighted by Crippen LogP contribution is -2.48. The van der Waals surface area contributed by atoms with Gasteiger partial charge in [0.1, 0.15) is 11.6 Å². The zero-order valence-corrected chi connectivity index (χ0v) is 18.6. The van der Waals surface area contributed by atoms with E-state index in [2.05, 4.69) is 32.3 Å². The Morgan fingerprint density at radius 2 is 1.84 bits per heavy atom. The summed E-state index contributed by atoms with van der Waals surface area (Å²) in [6.45, 7) is 4.63. The number of anilines is 2. The minimum atomic E-state index is 0.134. The van der Waals surface area contributed by atoms with E-state index in [1.807, 2.05) is 35.6 Å². The molecule has 2 fully saturated rings. The smallest absolute Gasteiger partial charge is 0.219 e. The minimum absolute atomic E-state index is 0.134. The fourth-order valence-electron chi connectivity index (χ4n) is 4.83. The van der Waals surface area contributed by atoms with Gasteiger partial charge in [-0.2, -0.15) is 0 Å². The molecule has 0 radical (unpaired) electrons. The van der Waals surface area contributed by atoms with E-state index in [0.717, 1.165) is 59.8 Å². The molecular weight excluding hydrogens is 400 g/mol. The number of carbonyl (C=O) groups is 1. The van der Waals surface area contributed by atoms with E-state index in [9.17, 15) is 4.79 Å². The summed E-state index contributed by atoms with van der Waals surface area (Å²) < 4.78 is 0. The number of pyridine rings is 3. The molecule has 7 nitrogen and oxygen atoms in total. The molecule has 32 heavy (non-hydrogen) atoms. The molecule has 0 aromatic carbocycles. The molecule has 2 aliphatic rings. The number of amides is 1. The highest BCUT2D eigenvalue weighted by Crippen LogP contribution is 2.31. The van der Waals surface area contributed by atoms with Gasteiger partial charge in [0.15, 0.2) is 0 Å². The van der Waals surface area contributed by atoms with E-state index in [0.29, 0.717) is 6.04 Å². The van der Waals surface area contributed by atoms with Crippen molar-refractivity contribution in [1.82, 2.24) is 19.9 Å². The van der Waals surface area contributed by atoms with Crippen LogP contribution >= 0.6 is 0 Å². The lowest BCUT2D eigenvalue weighted by Gasteiger charge is -2.35. The molecule has 0 unspecified atom stereocenters. The van der Waals surface area contributed by atoms with Gasteiger partial charge in [-0.15, -0.1) is 0 Å². The average molecular weight is 431 g/mol. The second-order valence-corrected chi connectivity index (χ2v) is 8.83. The Morgan fingerprint density at radius 3 is 2.62 bits per heavy atom. The number of rotatable bonds is 4. The molecule has 1 N–H and O–H groups in total. The highest BCUT2D eigenvalue weighted by Gasteiger charge is 2.22. The van der Waals surface area contributed by atoms with Crippen LogP contribution in [0.25, 0.3) is 22.0 Å². The molecule has 1 amide bonds. The summed E-state index contributed by atoms with van der Waals surface area (Å²) in [7, 11) is 0. The Bertz CT molecular complexity index is 1100. The third kappa shape index (κ3) is 4.38. The third-order valence-corrected chi connectivity index (χ3v) is 6.65. The first kappa shape index (κ1) is 20.7. The van der Waals surface area contributed by atoms with Gasteiger partial charge in [0.05, 0.1) is 5.69 Å². The SMILES string of the molecule is CC(=O)N1CCN(c2nc(-c3ccnc(NC4CCCCC4)c3)cc3cnccc23)CC1. The minimum Gasteiger partial charge on any atom is -0.367 e. The van der Waals surface area contributed by atoms with Gasteiger partial charge < -0.3 is 15.1 Å². The molecule has 0 atom stereocenters. The second-order valence-electron chi connectivity index (χ2n) is 8.83. The zero-order chi connectivity index (χ0) is 21.9. The number of nitrogens with zero attached hydrogens (tertiary/aromatic N) is 5. The van der Waals surface area contributed by atoms with Crippen molar-refractivity contribution >= 4 is 28.3 Å². The van der Waals surface area contributed by atoms with Crippen molar-refractivity contribution in [1.29, 1.82) is 0 Å². The number of hydrogen-bond donors (Lipinski definition) is 1. The Hall–Kier alpha value is -3.22. The summed E-state index contributed by atoms with van der Waals surface area (Å²) >= 11 is 0. The quantitative estimate of drug-likeness (QED) is 0.672. The fraction of sp³-hybridized carbons (Fsp3) is 0.440. The molecule has 1 saturated heterocycles. The third-order valence-electron chi connectivity index (χ3n) is 6.65. The molecule has 3 aromatic rings. The average Bonchev–Trinajstić information content (AvgIpc) is 2.84. The van der Waals surface area contributed by atoms with E-state index >= 15 is 0 Å². The van der Waals surface area contributed by atoms with Crippen molar-refractivity contribution < 1.29 is 4.79 Å². The van der Waals surface area contributed by atoms with Gasteiger partial charge in [-0.05, 0) is 37.1 Å². The monoisotopic (exact) mass is 430 g/mol. The van der Waals surface area contributed by atoms with Gasteiger partial charge >= 0.3 is 0 Å². The topological polar surface area (TPSA) is 74.2 Å². The highest BCUT2D eigenvalue weighted by molar-refractivity contribution is 5.94. The van der Waals surface area contributed by atoms with Crippen LogP contribution in [0.1, 0.15) is 39.0 Å². The fourth-order valence-corrected chi connectivity index (χ4v) is 4.83. The Labute approximate surface area is 188 Å². The summed E-state index contributed by atoms with van der Waals surface area (Å²) in [5.74, 6) is 2.01. The van der Waals surface area contributed by atoms with E-state index in [4.69, 9.17) is 4.98 Å². The van der Waals surface area contributed by atoms with Gasteiger partial charge in [-0.3, -0.25) is 9.78 Å². The van der Waals surface area contributed by atoms with Crippen molar-refractivity contribution in [3.63, 3.8) is 0 Å². The van der Waals surface area contributed by atoms with Crippen molar-refractivity contribution in [2.75, 3.05) is 36.4 Å². The van der Waals surface area contributed by atoms with Crippen LogP contribution in [0, 0.1) is 0 Å². The van der Waals surface area contributed by atoms with Crippen LogP contribution in [0.15, 0.2) is 42.9 Å². The van der Waals surface area contributed by atoms with Crippen LogP contribution in [-0.4, -0.2) is 58.0 Å². The van der Waals surface area contributed by atoms with Crippen LogP contribution in [0.5, 0.6) is 0 Å². The van der Waals surface area contributed by atoms with Crippen LogP contribution in [0.2, 0.25) is 0 Å². The molecule has 5 rings (SSSR count). The molecule has 1 aliphatic carbocycles. The van der Waals surface area contributed by atoms with Crippen molar-refractivity contribution in [3.05, 3.63) is 42.9 Å². The largest absolute Gasteiger partial charge is 0.367 e. The van der Waals surface area contributed by atoms with E-state index < -0.39 is 0 Å². The standard InChI is InChI=1S/C25H30N6O/c1-18(32)30-11-13-31(14-12-30)25-22-8-9-26-17-20(22)15-23(29-25)19-7-10-27-24(16-19)28-21-5-3-2-4-6-21/h7-10,15-17,21H,2-6,11-14H2,1H3,(H,27,28). The number of hydrogen-bond acceptors (Lipinski definition) is 6. The predicted molar refractivity (Wildman–Crippen MR) is 128 cm³/mol. The number of piperazine rings is 1. The molecule has 7 heteroatoms. The van der Waals surface area contributed by atoms with Gasteiger partial charge in [-0.25, -0.2) is 9.97 Å².